The van der Waals surface area contributed by atoms with E-state index in [2.05, 4.69) is 17.6 Å². The van der Waals surface area contributed by atoms with Crippen LogP contribution in [0.2, 0.25) is 0 Å². The smallest absolute Gasteiger partial charge is 0.328 e. The molecule has 2 amide bonds. The molecule has 17 heteroatoms. The summed E-state index contributed by atoms with van der Waals surface area (Å²) in [5.41, 5.74) is 0.849. The number of unbranched alkanes of at least 4 members (excludes halogenated alkanes) is 13. The fourth-order valence-electron chi connectivity index (χ4n) is 6.14. The number of carbonyl (C=O) groups excluding carboxylic acids is 5. The molecular formula is C42H75N4O12P. The van der Waals surface area contributed by atoms with E-state index >= 15 is 0 Å². The highest BCUT2D eigenvalue weighted by molar-refractivity contribution is 7.45. The van der Waals surface area contributed by atoms with Gasteiger partial charge in [-0.05, 0) is 44.2 Å². The second-order valence-electron chi connectivity index (χ2n) is 16.1. The van der Waals surface area contributed by atoms with Crippen LogP contribution in [0.25, 0.3) is 0 Å². The Morgan fingerprint density at radius 1 is 0.831 bits per heavy atom. The van der Waals surface area contributed by atoms with E-state index in [1.165, 1.54) is 71.8 Å². The van der Waals surface area contributed by atoms with Crippen LogP contribution in [-0.4, -0.2) is 112 Å². The predicted molar refractivity (Wildman–Crippen MR) is 223 cm³/mol. The maximum atomic E-state index is 13.0. The van der Waals surface area contributed by atoms with Crippen LogP contribution in [-0.2, 0) is 64.8 Å². The lowest BCUT2D eigenvalue weighted by Crippen LogP contribution is -2.45. The predicted octanol–water partition coefficient (Wildman–Crippen LogP) is 5.53. The van der Waals surface area contributed by atoms with Crippen molar-refractivity contribution >= 4 is 37.5 Å². The van der Waals surface area contributed by atoms with Crippen molar-refractivity contribution in [2.45, 2.75) is 155 Å². The minimum absolute atomic E-state index is 0.0345. The summed E-state index contributed by atoms with van der Waals surface area (Å²) >= 11 is 0. The first-order chi connectivity index (χ1) is 28.0. The summed E-state index contributed by atoms with van der Waals surface area (Å²) < 4.78 is 40.8. The molecule has 0 saturated carbocycles. The zero-order valence-corrected chi connectivity index (χ0v) is 37.7. The number of phosphoric acid groups is 1. The highest BCUT2D eigenvalue weighted by Crippen LogP contribution is 2.38. The highest BCUT2D eigenvalue weighted by atomic mass is 31.2. The van der Waals surface area contributed by atoms with Gasteiger partial charge in [-0.25, -0.2) is 4.79 Å². The molecule has 0 aliphatic rings. The molecule has 0 radical (unpaired) electrons. The molecule has 0 aliphatic heterocycles. The molecule has 0 saturated heterocycles. The number of esters is 3. The third-order valence-corrected chi connectivity index (χ3v) is 10.6. The van der Waals surface area contributed by atoms with Gasteiger partial charge in [-0.3, -0.25) is 23.7 Å². The number of likely N-dealkylation sites (N-methyl/N-ethyl adjacent to an activating group) is 1. The molecule has 1 aromatic heterocycles. The topological polar surface area (TPSA) is 201 Å². The van der Waals surface area contributed by atoms with Crippen LogP contribution < -0.4 is 15.5 Å². The molecule has 2 N–H and O–H groups in total. The molecule has 1 rings (SSSR count). The van der Waals surface area contributed by atoms with Gasteiger partial charge in [0, 0.05) is 31.8 Å². The van der Waals surface area contributed by atoms with Crippen LogP contribution in [0.1, 0.15) is 135 Å². The fraction of sp³-hybridized carbons (Fsp3) is 0.786. The van der Waals surface area contributed by atoms with E-state index in [9.17, 15) is 33.4 Å². The monoisotopic (exact) mass is 859 g/mol. The number of rotatable bonds is 36. The van der Waals surface area contributed by atoms with Gasteiger partial charge in [0.05, 0.1) is 47.8 Å². The largest absolute Gasteiger partial charge is 0.756 e. The van der Waals surface area contributed by atoms with Gasteiger partial charge >= 0.3 is 17.9 Å². The van der Waals surface area contributed by atoms with Crippen molar-refractivity contribution < 1.29 is 61.2 Å². The number of carbonyl (C=O) groups is 5. The van der Waals surface area contributed by atoms with Gasteiger partial charge < -0.3 is 47.8 Å². The average molecular weight is 859 g/mol. The van der Waals surface area contributed by atoms with Crippen LogP contribution in [0.5, 0.6) is 0 Å². The average Bonchev–Trinajstić information content (AvgIpc) is 3.63. The first kappa shape index (κ1) is 53.7. The molecule has 0 aromatic carbocycles. The molecule has 1 aromatic rings. The molecule has 3 unspecified atom stereocenters. The van der Waals surface area contributed by atoms with Crippen LogP contribution in [0.4, 0.5) is 0 Å². The van der Waals surface area contributed by atoms with Gasteiger partial charge in [-0.2, -0.15) is 0 Å². The molecular weight excluding hydrogens is 783 g/mol. The number of methoxy groups -OCH3 is 1. The lowest BCUT2D eigenvalue weighted by molar-refractivity contribution is -0.870. The quantitative estimate of drug-likeness (QED) is 0.0282. The van der Waals surface area contributed by atoms with E-state index in [0.717, 1.165) is 25.0 Å². The number of nitrogens with one attached hydrogen (secondary N) is 2. The summed E-state index contributed by atoms with van der Waals surface area (Å²) in [5, 5.41) is 4.98. The van der Waals surface area contributed by atoms with Gasteiger partial charge in [-0.15, -0.1) is 0 Å². The van der Waals surface area contributed by atoms with Crippen LogP contribution in [0, 0.1) is 0 Å². The molecule has 340 valence electrons. The Hall–Kier alpha value is -3.30. The number of aromatic nitrogens is 1. The van der Waals surface area contributed by atoms with Gasteiger partial charge in [0.1, 0.15) is 25.8 Å². The molecule has 0 bridgehead atoms. The summed E-state index contributed by atoms with van der Waals surface area (Å²) in [7, 11) is 2.19. The van der Waals surface area contributed by atoms with Crippen molar-refractivity contribution in [3.05, 3.63) is 24.0 Å². The first-order valence-electron chi connectivity index (χ1n) is 21.6. The van der Waals surface area contributed by atoms with Gasteiger partial charge in [-0.1, -0.05) is 84.0 Å². The summed E-state index contributed by atoms with van der Waals surface area (Å²) in [6.07, 6.45) is 18.1. The maximum Gasteiger partial charge on any atom is 0.328 e. The van der Waals surface area contributed by atoms with E-state index in [1.807, 2.05) is 44.0 Å². The second kappa shape index (κ2) is 31.6. The molecule has 3 atom stereocenters. The van der Waals surface area contributed by atoms with E-state index in [4.69, 9.17) is 23.3 Å². The van der Waals surface area contributed by atoms with E-state index in [-0.39, 0.29) is 38.5 Å². The standard InChI is InChI=1S/C42H75N4O12P/c1-7-8-9-10-11-12-13-14-15-16-17-18-19-25-40(49)55-33-37(34-57-59(52,53)56-31-30-46(3,4)5)58-41(50)27-26-36-23-22-29-45(36)28-21-20-24-38(42(51)54-6)44-39(48)32-43-35(2)47/h22-23,29,37-38H,7-21,24-28,30-34H2,1-6H3,(H2-,43,44,47,48,52,53). The first-order valence-corrected chi connectivity index (χ1v) is 23.0. The molecule has 16 nitrogen and oxygen atoms in total. The summed E-state index contributed by atoms with van der Waals surface area (Å²) in [6.45, 7) is 3.24. The SMILES string of the molecule is CCCCCCCCCCCCCCCC(=O)OCC(COP(=O)([O-])OCC[N+](C)(C)C)OC(=O)CCc1cccn1CCCCC(NC(=O)CNC(C)=O)C(=O)OC. The van der Waals surface area contributed by atoms with Crippen LogP contribution >= 0.6 is 7.82 Å². The number of hydrogen-bond acceptors (Lipinski definition) is 12. The van der Waals surface area contributed by atoms with Gasteiger partial charge in [0.25, 0.3) is 7.82 Å². The van der Waals surface area contributed by atoms with E-state index in [1.54, 1.807) is 0 Å². The number of amides is 2. The van der Waals surface area contributed by atoms with Crippen molar-refractivity contribution in [3.8, 4) is 0 Å². The molecule has 0 aliphatic carbocycles. The summed E-state index contributed by atoms with van der Waals surface area (Å²) in [4.78, 5) is 73.5. The number of phosphoric ester groups is 1. The van der Waals surface area contributed by atoms with Crippen molar-refractivity contribution in [2.75, 3.05) is 61.2 Å². The fourth-order valence-corrected chi connectivity index (χ4v) is 6.87. The third kappa shape index (κ3) is 29.6. The zero-order valence-electron chi connectivity index (χ0n) is 36.8. The number of aryl methyl sites for hydroxylation is 2. The molecule has 1 heterocycles. The van der Waals surface area contributed by atoms with Crippen molar-refractivity contribution in [1.82, 2.24) is 15.2 Å². The minimum Gasteiger partial charge on any atom is -0.756 e. The number of ether oxygens (including phenoxy) is 3. The number of quaternary nitrogens is 1. The normalized spacial score (nSPS) is 13.5. The Bertz CT molecular complexity index is 1400. The Kier molecular flexibility index (Phi) is 28.7. The molecule has 0 fully saturated rings. The van der Waals surface area contributed by atoms with Crippen molar-refractivity contribution in [3.63, 3.8) is 0 Å². The summed E-state index contributed by atoms with van der Waals surface area (Å²) in [6, 6.07) is 2.85. The van der Waals surface area contributed by atoms with E-state index < -0.39 is 50.4 Å². The Balaban J connectivity index is 2.61. The summed E-state index contributed by atoms with van der Waals surface area (Å²) in [5.74, 6) is -2.53. The van der Waals surface area contributed by atoms with Crippen LogP contribution in [0.15, 0.2) is 18.3 Å². The number of hydrogen-bond donors (Lipinski definition) is 2. The Labute approximate surface area is 353 Å². The van der Waals surface area contributed by atoms with Crippen LogP contribution in [0.3, 0.4) is 0 Å². The molecule has 59 heavy (non-hydrogen) atoms. The highest BCUT2D eigenvalue weighted by Gasteiger charge is 2.23. The lowest BCUT2D eigenvalue weighted by atomic mass is 10.0. The minimum atomic E-state index is -4.73. The van der Waals surface area contributed by atoms with Gasteiger partial charge in [0.15, 0.2) is 6.10 Å². The Morgan fingerprint density at radius 3 is 2.05 bits per heavy atom. The maximum absolute atomic E-state index is 13.0. The van der Waals surface area contributed by atoms with Gasteiger partial charge in [0.2, 0.25) is 11.8 Å². The second-order valence-corrected chi connectivity index (χ2v) is 17.5. The van der Waals surface area contributed by atoms with Crippen molar-refractivity contribution in [1.29, 1.82) is 0 Å². The Morgan fingerprint density at radius 2 is 1.46 bits per heavy atom. The number of nitrogens with zero attached hydrogens (tertiary/aromatic N) is 2. The lowest BCUT2D eigenvalue weighted by Gasteiger charge is -2.28. The van der Waals surface area contributed by atoms with Crippen molar-refractivity contribution in [2.24, 2.45) is 0 Å². The third-order valence-electron chi connectivity index (χ3n) is 9.61. The molecule has 0 spiro atoms. The van der Waals surface area contributed by atoms with E-state index in [0.29, 0.717) is 49.7 Å². The zero-order chi connectivity index (χ0) is 43.9.